The van der Waals surface area contributed by atoms with Crippen LogP contribution >= 0.6 is 0 Å². The molecule has 0 spiro atoms. The summed E-state index contributed by atoms with van der Waals surface area (Å²) in [7, 11) is 0. The van der Waals surface area contributed by atoms with E-state index in [1.54, 1.807) is 61.0 Å². The lowest BCUT2D eigenvalue weighted by Crippen LogP contribution is -2.42. The van der Waals surface area contributed by atoms with E-state index in [4.69, 9.17) is 5.26 Å². The monoisotopic (exact) mass is 526 g/mol. The van der Waals surface area contributed by atoms with E-state index < -0.39 is 29.6 Å². The third-order valence-electron chi connectivity index (χ3n) is 6.21. The summed E-state index contributed by atoms with van der Waals surface area (Å²) in [6.45, 7) is 5.79. The van der Waals surface area contributed by atoms with E-state index in [9.17, 15) is 19.6 Å². The Balaban J connectivity index is 1.71. The lowest BCUT2D eigenvalue weighted by Gasteiger charge is -2.22. The summed E-state index contributed by atoms with van der Waals surface area (Å²) in [5, 5.41) is 38.4. The second-order valence-electron chi connectivity index (χ2n) is 10.2. The molecule has 4 aromatic rings. The number of aliphatic hydroxyl groups is 1. The number of rotatable bonds is 8. The minimum atomic E-state index is -1.68. The van der Waals surface area contributed by atoms with Crippen molar-refractivity contribution in [3.63, 3.8) is 0 Å². The minimum absolute atomic E-state index is 0.142. The van der Waals surface area contributed by atoms with Crippen LogP contribution in [0.4, 0.5) is 15.8 Å². The van der Waals surface area contributed by atoms with Gasteiger partial charge in [-0.25, -0.2) is 8.91 Å². The van der Waals surface area contributed by atoms with Crippen LogP contribution in [0.5, 0.6) is 0 Å². The van der Waals surface area contributed by atoms with Gasteiger partial charge >= 0.3 is 0 Å². The topological polar surface area (TPSA) is 152 Å². The zero-order valence-corrected chi connectivity index (χ0v) is 21.9. The van der Waals surface area contributed by atoms with E-state index in [1.165, 1.54) is 26.2 Å². The van der Waals surface area contributed by atoms with Crippen molar-refractivity contribution >= 4 is 22.8 Å². The van der Waals surface area contributed by atoms with Crippen molar-refractivity contribution in [1.82, 2.24) is 24.9 Å². The number of anilines is 2. The smallest absolute Gasteiger partial charge is 0.255 e. The summed E-state index contributed by atoms with van der Waals surface area (Å²) in [4.78, 5) is 21.9. The molecule has 0 saturated heterocycles. The first-order chi connectivity index (χ1) is 18.4. The van der Waals surface area contributed by atoms with Gasteiger partial charge in [0.05, 0.1) is 81.1 Å². The summed E-state index contributed by atoms with van der Waals surface area (Å²) in [5.74, 6) is -0.588. The maximum Gasteiger partial charge on any atom is 0.255 e. The number of nitrogens with zero attached hydrogens (tertiary/aromatic N) is 6. The predicted octanol–water partition coefficient (Wildman–Crippen LogP) is 4.05. The Kier molecular flexibility index (Phi) is 7.30. The number of fused-ring (bicyclic) bond motifs is 1. The molecule has 11 heteroatoms. The minimum Gasteiger partial charge on any atom is -0.387 e. The van der Waals surface area contributed by atoms with Crippen LogP contribution < -0.4 is 10.6 Å². The van der Waals surface area contributed by atoms with Crippen molar-refractivity contribution in [2.24, 2.45) is 0 Å². The van der Waals surface area contributed by atoms with Crippen LogP contribution in [0.3, 0.4) is 0 Å². The van der Waals surface area contributed by atoms with Crippen LogP contribution in [-0.4, -0.2) is 48.9 Å². The highest BCUT2D eigenvalue weighted by Crippen LogP contribution is 2.28. The summed E-state index contributed by atoms with van der Waals surface area (Å²) in [5.41, 5.74) is 1.49. The molecule has 0 aliphatic heterocycles. The molecule has 4 rings (SSSR count). The second-order valence-corrected chi connectivity index (χ2v) is 10.2. The fourth-order valence-corrected chi connectivity index (χ4v) is 3.71. The number of hydrogen-bond acceptors (Lipinski definition) is 8. The van der Waals surface area contributed by atoms with E-state index in [0.717, 1.165) is 0 Å². The molecule has 10 nitrogen and oxygen atoms in total. The van der Waals surface area contributed by atoms with Gasteiger partial charge in [0.2, 0.25) is 0 Å². The lowest BCUT2D eigenvalue weighted by atomic mass is 9.91. The number of halogens is 1. The predicted molar refractivity (Wildman–Crippen MR) is 143 cm³/mol. The Hall–Kier alpha value is -4.87. The average molecular weight is 527 g/mol. The van der Waals surface area contributed by atoms with E-state index >= 15 is 0 Å². The van der Waals surface area contributed by atoms with Gasteiger partial charge in [0.15, 0.2) is 0 Å². The first kappa shape index (κ1) is 27.2. The average Bonchev–Trinajstić information content (AvgIpc) is 3.34. The van der Waals surface area contributed by atoms with Gasteiger partial charge in [-0.05, 0) is 64.1 Å². The summed E-state index contributed by atoms with van der Waals surface area (Å²) >= 11 is 0. The molecule has 0 unspecified atom stereocenters. The Labute approximate surface area is 224 Å². The van der Waals surface area contributed by atoms with Crippen molar-refractivity contribution in [3.05, 3.63) is 71.8 Å². The zero-order chi connectivity index (χ0) is 28.4. The van der Waals surface area contributed by atoms with Crippen LogP contribution in [0, 0.1) is 22.7 Å². The first-order valence-electron chi connectivity index (χ1n) is 12.1. The molecule has 0 bridgehead atoms. The Morgan fingerprint density at radius 3 is 2.51 bits per heavy atom. The van der Waals surface area contributed by atoms with Crippen molar-refractivity contribution in [2.45, 2.75) is 44.9 Å². The van der Waals surface area contributed by atoms with Gasteiger partial charge in [-0.1, -0.05) is 0 Å². The number of aromatic nitrogens is 4. The van der Waals surface area contributed by atoms with Crippen LogP contribution in [-0.2, 0) is 5.41 Å². The van der Waals surface area contributed by atoms with Crippen LogP contribution in [0.1, 0.15) is 49.3 Å². The van der Waals surface area contributed by atoms with Gasteiger partial charge in [0.1, 0.15) is 12.2 Å². The van der Waals surface area contributed by atoms with E-state index in [2.05, 4.69) is 37.8 Å². The highest BCUT2D eigenvalue weighted by molar-refractivity contribution is 6.00. The fraction of sp³-hybridized carbons (Fsp3) is 0.286. The molecule has 0 radical (unpaired) electrons. The molecule has 0 saturated carbocycles. The molecule has 4 heterocycles. The fourth-order valence-electron chi connectivity index (χ4n) is 3.71. The molecule has 1 amide bonds. The number of pyridine rings is 2. The third kappa shape index (κ3) is 5.84. The number of nitriles is 2. The van der Waals surface area contributed by atoms with Gasteiger partial charge in [0, 0.05) is 6.20 Å². The Morgan fingerprint density at radius 1 is 1.10 bits per heavy atom. The van der Waals surface area contributed by atoms with Gasteiger partial charge in [0.25, 0.3) is 5.91 Å². The molecule has 1 atom stereocenters. The number of carbonyl (C=O) groups is 1. The maximum absolute atomic E-state index is 14.3. The summed E-state index contributed by atoms with van der Waals surface area (Å²) in [6, 6.07) is 14.7. The number of amides is 1. The van der Waals surface area contributed by atoms with Crippen molar-refractivity contribution < 1.29 is 14.3 Å². The number of alkyl halides is 1. The Morgan fingerprint density at radius 2 is 1.87 bits per heavy atom. The molecule has 3 N–H and O–H groups in total. The summed E-state index contributed by atoms with van der Waals surface area (Å²) in [6.07, 6.45) is 2.69. The summed E-state index contributed by atoms with van der Waals surface area (Å²) < 4.78 is 15.9. The SMILES string of the molecule is CC(C)(C#N)c1ccc(Nc2cc(-c3ccc4cc(C#N)cnn34)ncc2C(=O)NC[C@@H](F)C(C)(C)O)cn1. The van der Waals surface area contributed by atoms with Gasteiger partial charge in [-0.3, -0.25) is 14.8 Å². The van der Waals surface area contributed by atoms with E-state index in [0.29, 0.717) is 39.5 Å². The maximum atomic E-state index is 14.3. The number of hydrogen-bond donors (Lipinski definition) is 3. The number of nitrogens with one attached hydrogen (secondary N) is 2. The molecular weight excluding hydrogens is 499 g/mol. The van der Waals surface area contributed by atoms with Gasteiger partial charge in [-0.15, -0.1) is 0 Å². The molecule has 0 aromatic carbocycles. The van der Waals surface area contributed by atoms with Crippen molar-refractivity contribution in [1.29, 1.82) is 10.5 Å². The molecular formula is C28H27FN8O2. The van der Waals surface area contributed by atoms with Crippen LogP contribution in [0.15, 0.2) is 55.0 Å². The van der Waals surface area contributed by atoms with Crippen molar-refractivity contribution in [2.75, 3.05) is 11.9 Å². The normalized spacial score (nSPS) is 12.4. The lowest BCUT2D eigenvalue weighted by molar-refractivity contribution is -0.00177. The largest absolute Gasteiger partial charge is 0.387 e. The van der Waals surface area contributed by atoms with E-state index in [-0.39, 0.29) is 5.56 Å². The van der Waals surface area contributed by atoms with Gasteiger partial charge < -0.3 is 15.7 Å². The van der Waals surface area contributed by atoms with E-state index in [1.807, 2.05) is 0 Å². The second kappa shape index (κ2) is 10.5. The molecule has 4 aromatic heterocycles. The first-order valence-corrected chi connectivity index (χ1v) is 12.1. The van der Waals surface area contributed by atoms with Crippen LogP contribution in [0.25, 0.3) is 16.9 Å². The highest BCUT2D eigenvalue weighted by atomic mass is 19.1. The standard InChI is InChI=1S/C28H27FN8O2/c1-27(2,16-31)25-8-5-18(13-33-25)36-21-10-22(23-7-6-19-9-17(11-30)12-35-37(19)23)32-14-20(21)26(38)34-15-24(29)28(3,4)39/h5-10,12-14,24,39H,15H2,1-4H3,(H,32,36)(H,34,38)/t24-/m1/s1. The molecule has 198 valence electrons. The Bertz CT molecular complexity index is 1610. The number of carbonyl (C=O) groups excluding carboxylic acids is 1. The molecule has 39 heavy (non-hydrogen) atoms. The highest BCUT2D eigenvalue weighted by Gasteiger charge is 2.27. The third-order valence-corrected chi connectivity index (χ3v) is 6.21. The van der Waals surface area contributed by atoms with Crippen LogP contribution in [0.2, 0.25) is 0 Å². The zero-order valence-electron chi connectivity index (χ0n) is 21.9. The molecule has 0 aliphatic carbocycles. The van der Waals surface area contributed by atoms with Crippen molar-refractivity contribution in [3.8, 4) is 23.5 Å². The van der Waals surface area contributed by atoms with Gasteiger partial charge in [-0.2, -0.15) is 15.6 Å². The quantitative estimate of drug-likeness (QED) is 0.311. The molecule has 0 fully saturated rings. The molecule has 0 aliphatic rings.